The summed E-state index contributed by atoms with van der Waals surface area (Å²) >= 11 is 0. The summed E-state index contributed by atoms with van der Waals surface area (Å²) < 4.78 is 0. The van der Waals surface area contributed by atoms with Crippen LogP contribution in [0.5, 0.6) is 0 Å². The molecule has 0 saturated carbocycles. The molecule has 0 N–H and O–H groups in total. The molecule has 1 heteroatoms. The Morgan fingerprint density at radius 1 is 0.647 bits per heavy atom. The normalized spacial score (nSPS) is 9.94. The van der Waals surface area contributed by atoms with Crippen LogP contribution in [0.4, 0.5) is 0 Å². The summed E-state index contributed by atoms with van der Waals surface area (Å²) in [7, 11) is 0. The molecule has 0 aromatic rings. The molecule has 0 aliphatic carbocycles. The zero-order valence-corrected chi connectivity index (χ0v) is 13.0. The van der Waals surface area contributed by atoms with Crippen LogP contribution < -0.4 is 0 Å². The minimum Gasteiger partial charge on any atom is -0.103 e. The molecule has 0 nitrogen and oxygen atoms in total. The Morgan fingerprint density at radius 3 is 1.35 bits per heavy atom. The molecule has 100 valence electrons. The van der Waals surface area contributed by atoms with Crippen molar-refractivity contribution in [2.45, 2.75) is 90.4 Å². The van der Waals surface area contributed by atoms with E-state index >= 15 is 0 Å². The first kappa shape index (κ1) is 19.3. The molecule has 0 fully saturated rings. The van der Waals surface area contributed by atoms with Crippen LogP contribution in [0.15, 0.2) is 12.7 Å². The van der Waals surface area contributed by atoms with Crippen LogP contribution in [0, 0.1) is 0 Å². The average Bonchev–Trinajstić information content (AvgIpc) is 2.31. The maximum Gasteiger partial charge on any atom is 0 e. The molecule has 0 aromatic carbocycles. The van der Waals surface area contributed by atoms with E-state index in [9.17, 15) is 0 Å². The SMILES string of the molecule is C=CCCCCCCCCCCCCCC.[Si]. The molecule has 0 aliphatic heterocycles. The zero-order chi connectivity index (χ0) is 11.9. The molecule has 0 aliphatic rings. The van der Waals surface area contributed by atoms with E-state index in [1.165, 1.54) is 83.5 Å². The van der Waals surface area contributed by atoms with Crippen LogP contribution in [0.2, 0.25) is 0 Å². The Kier molecular flexibility index (Phi) is 20.8. The van der Waals surface area contributed by atoms with Crippen molar-refractivity contribution in [3.05, 3.63) is 12.7 Å². The third-order valence-corrected chi connectivity index (χ3v) is 3.26. The van der Waals surface area contributed by atoms with Crippen molar-refractivity contribution < 1.29 is 0 Å². The van der Waals surface area contributed by atoms with Crippen LogP contribution in [-0.2, 0) is 0 Å². The lowest BCUT2D eigenvalue weighted by Gasteiger charge is -2.02. The molecular formula is C16H32Si. The summed E-state index contributed by atoms with van der Waals surface area (Å²) in [6.07, 6.45) is 20.5. The van der Waals surface area contributed by atoms with E-state index < -0.39 is 0 Å². The van der Waals surface area contributed by atoms with Crippen LogP contribution in [0.1, 0.15) is 90.4 Å². The van der Waals surface area contributed by atoms with Crippen molar-refractivity contribution >= 4 is 11.0 Å². The molecule has 0 spiro atoms. The molecule has 0 saturated heterocycles. The van der Waals surface area contributed by atoms with Gasteiger partial charge in [-0.25, -0.2) is 0 Å². The van der Waals surface area contributed by atoms with Crippen molar-refractivity contribution in [2.75, 3.05) is 0 Å². The van der Waals surface area contributed by atoms with Gasteiger partial charge in [0, 0.05) is 11.0 Å². The number of hydrogen-bond acceptors (Lipinski definition) is 0. The van der Waals surface area contributed by atoms with E-state index in [1.807, 2.05) is 6.08 Å². The maximum absolute atomic E-state index is 3.75. The molecule has 0 atom stereocenters. The van der Waals surface area contributed by atoms with Crippen LogP contribution in [-0.4, -0.2) is 11.0 Å². The van der Waals surface area contributed by atoms with Crippen LogP contribution in [0.25, 0.3) is 0 Å². The lowest BCUT2D eigenvalue weighted by atomic mass is 10.0. The third kappa shape index (κ3) is 18.5. The van der Waals surface area contributed by atoms with E-state index in [0.717, 1.165) is 0 Å². The Morgan fingerprint density at radius 2 is 1.00 bits per heavy atom. The molecule has 0 heterocycles. The summed E-state index contributed by atoms with van der Waals surface area (Å²) in [6.45, 7) is 6.03. The Bertz CT molecular complexity index is 131. The number of rotatable bonds is 13. The van der Waals surface area contributed by atoms with Gasteiger partial charge in [0.1, 0.15) is 0 Å². The first-order valence-electron chi connectivity index (χ1n) is 7.52. The third-order valence-electron chi connectivity index (χ3n) is 3.26. The highest BCUT2D eigenvalue weighted by atomic mass is 28.1. The van der Waals surface area contributed by atoms with Gasteiger partial charge in [-0.2, -0.15) is 0 Å². The standard InChI is InChI=1S/C16H32.Si/c1-3-5-7-9-11-13-15-16-14-12-10-8-6-4-2;/h3H,1,4-16H2,2H3;. The van der Waals surface area contributed by atoms with E-state index in [0.29, 0.717) is 0 Å². The van der Waals surface area contributed by atoms with Gasteiger partial charge in [0.25, 0.3) is 0 Å². The molecule has 0 aromatic heterocycles. The van der Waals surface area contributed by atoms with E-state index in [1.54, 1.807) is 0 Å². The number of unbranched alkanes of at least 4 members (excludes halogenated alkanes) is 12. The summed E-state index contributed by atoms with van der Waals surface area (Å²) in [4.78, 5) is 0. The molecule has 0 amide bonds. The van der Waals surface area contributed by atoms with Gasteiger partial charge in [-0.3, -0.25) is 0 Å². The Labute approximate surface area is 114 Å². The number of allylic oxidation sites excluding steroid dienone is 1. The van der Waals surface area contributed by atoms with Crippen molar-refractivity contribution in [1.82, 2.24) is 0 Å². The van der Waals surface area contributed by atoms with E-state index in [-0.39, 0.29) is 11.0 Å². The predicted octanol–water partition coefficient (Wildman–Crippen LogP) is 5.88. The fourth-order valence-corrected chi connectivity index (χ4v) is 2.13. The molecule has 17 heavy (non-hydrogen) atoms. The molecule has 0 rings (SSSR count). The lowest BCUT2D eigenvalue weighted by Crippen LogP contribution is -1.82. The van der Waals surface area contributed by atoms with Gasteiger partial charge in [0.05, 0.1) is 0 Å². The minimum absolute atomic E-state index is 0. The summed E-state index contributed by atoms with van der Waals surface area (Å²) in [5.41, 5.74) is 0. The molecule has 0 unspecified atom stereocenters. The monoisotopic (exact) mass is 252 g/mol. The second kappa shape index (κ2) is 18.3. The van der Waals surface area contributed by atoms with Crippen LogP contribution >= 0.6 is 0 Å². The molecule has 4 radical (unpaired) electrons. The summed E-state index contributed by atoms with van der Waals surface area (Å²) in [5.74, 6) is 0. The maximum atomic E-state index is 3.75. The van der Waals surface area contributed by atoms with E-state index in [4.69, 9.17) is 0 Å². The molecular weight excluding hydrogens is 220 g/mol. The van der Waals surface area contributed by atoms with E-state index in [2.05, 4.69) is 13.5 Å². The first-order valence-corrected chi connectivity index (χ1v) is 7.52. The lowest BCUT2D eigenvalue weighted by molar-refractivity contribution is 0.545. The minimum atomic E-state index is 0. The average molecular weight is 253 g/mol. The van der Waals surface area contributed by atoms with Gasteiger partial charge in [-0.05, 0) is 12.8 Å². The largest absolute Gasteiger partial charge is 0.103 e. The van der Waals surface area contributed by atoms with Crippen molar-refractivity contribution in [1.29, 1.82) is 0 Å². The highest BCUT2D eigenvalue weighted by Gasteiger charge is 1.92. The van der Waals surface area contributed by atoms with Crippen molar-refractivity contribution in [3.8, 4) is 0 Å². The Hall–Kier alpha value is -0.0431. The summed E-state index contributed by atoms with van der Waals surface area (Å²) in [6, 6.07) is 0. The van der Waals surface area contributed by atoms with Gasteiger partial charge >= 0.3 is 0 Å². The van der Waals surface area contributed by atoms with Crippen molar-refractivity contribution in [3.63, 3.8) is 0 Å². The fourth-order valence-electron chi connectivity index (χ4n) is 2.13. The van der Waals surface area contributed by atoms with Gasteiger partial charge < -0.3 is 0 Å². The Balaban J connectivity index is 0. The van der Waals surface area contributed by atoms with Gasteiger partial charge in [0.15, 0.2) is 0 Å². The van der Waals surface area contributed by atoms with Gasteiger partial charge in [-0.1, -0.05) is 83.6 Å². The van der Waals surface area contributed by atoms with Crippen LogP contribution in [0.3, 0.4) is 0 Å². The quantitative estimate of drug-likeness (QED) is 0.218. The van der Waals surface area contributed by atoms with Crippen molar-refractivity contribution in [2.24, 2.45) is 0 Å². The highest BCUT2D eigenvalue weighted by molar-refractivity contribution is 5.75. The zero-order valence-electron chi connectivity index (χ0n) is 12.0. The second-order valence-electron chi connectivity index (χ2n) is 4.97. The summed E-state index contributed by atoms with van der Waals surface area (Å²) in [5, 5.41) is 0. The number of hydrogen-bond donors (Lipinski definition) is 0. The predicted molar refractivity (Wildman–Crippen MR) is 81.6 cm³/mol. The fraction of sp³-hybridized carbons (Fsp3) is 0.875. The van der Waals surface area contributed by atoms with Gasteiger partial charge in [0.2, 0.25) is 0 Å². The second-order valence-corrected chi connectivity index (χ2v) is 4.97. The smallest absolute Gasteiger partial charge is 0 e. The first-order chi connectivity index (χ1) is 7.91. The molecule has 0 bridgehead atoms. The van der Waals surface area contributed by atoms with Gasteiger partial charge in [-0.15, -0.1) is 6.58 Å². The highest BCUT2D eigenvalue weighted by Crippen LogP contribution is 2.12. The topological polar surface area (TPSA) is 0 Å².